The summed E-state index contributed by atoms with van der Waals surface area (Å²) in [5, 5.41) is 13.1. The number of piperidine rings is 1. The van der Waals surface area contributed by atoms with Crippen molar-refractivity contribution in [2.24, 2.45) is 5.41 Å². The lowest BCUT2D eigenvalue weighted by atomic mass is 9.88. The Hall–Kier alpha value is -1.80. The van der Waals surface area contributed by atoms with E-state index in [-0.39, 0.29) is 5.56 Å². The lowest BCUT2D eigenvalue weighted by Crippen LogP contribution is -2.40. The third kappa shape index (κ3) is 2.53. The molecule has 128 valence electrons. The first kappa shape index (κ1) is 15.7. The number of aromatic nitrogens is 1. The van der Waals surface area contributed by atoms with E-state index in [2.05, 4.69) is 28.2 Å². The zero-order valence-corrected chi connectivity index (χ0v) is 14.5. The Morgan fingerprint density at radius 3 is 2.67 bits per heavy atom. The van der Waals surface area contributed by atoms with Crippen molar-refractivity contribution in [1.29, 1.82) is 5.26 Å². The highest BCUT2D eigenvalue weighted by atomic mass is 16.1. The zero-order valence-electron chi connectivity index (χ0n) is 14.5. The van der Waals surface area contributed by atoms with Gasteiger partial charge in [0.2, 0.25) is 0 Å². The van der Waals surface area contributed by atoms with E-state index in [1.54, 1.807) is 0 Å². The van der Waals surface area contributed by atoms with Crippen LogP contribution in [0.3, 0.4) is 0 Å². The topological polar surface area (TPSA) is 71.9 Å². The van der Waals surface area contributed by atoms with Crippen LogP contribution in [0.25, 0.3) is 0 Å². The minimum atomic E-state index is -0.207. The van der Waals surface area contributed by atoms with Crippen LogP contribution in [0.2, 0.25) is 0 Å². The van der Waals surface area contributed by atoms with Crippen LogP contribution in [0.1, 0.15) is 68.2 Å². The number of anilines is 1. The van der Waals surface area contributed by atoms with E-state index in [0.29, 0.717) is 16.9 Å². The Morgan fingerprint density at radius 2 is 2.04 bits per heavy atom. The number of nitrogens with one attached hydrogen (secondary N) is 2. The Balaban J connectivity index is 1.77. The van der Waals surface area contributed by atoms with Gasteiger partial charge < -0.3 is 15.2 Å². The first-order valence-electron chi connectivity index (χ1n) is 9.32. The van der Waals surface area contributed by atoms with Crippen molar-refractivity contribution in [1.82, 2.24) is 10.3 Å². The van der Waals surface area contributed by atoms with Crippen molar-refractivity contribution in [3.63, 3.8) is 0 Å². The van der Waals surface area contributed by atoms with Crippen molar-refractivity contribution < 1.29 is 0 Å². The van der Waals surface area contributed by atoms with E-state index in [4.69, 9.17) is 0 Å². The monoisotopic (exact) mass is 326 g/mol. The van der Waals surface area contributed by atoms with Crippen molar-refractivity contribution in [2.75, 3.05) is 24.5 Å². The molecule has 0 radical (unpaired) electrons. The summed E-state index contributed by atoms with van der Waals surface area (Å²) in [6.45, 7) is 5.78. The summed E-state index contributed by atoms with van der Waals surface area (Å²) in [6, 6.07) is 2.18. The van der Waals surface area contributed by atoms with Crippen molar-refractivity contribution in [2.45, 2.75) is 57.9 Å². The number of rotatable bonds is 3. The number of nitriles is 1. The van der Waals surface area contributed by atoms with E-state index in [0.717, 1.165) is 56.0 Å². The van der Waals surface area contributed by atoms with Gasteiger partial charge in [0.1, 0.15) is 11.6 Å². The number of H-pyrrole nitrogens is 1. The number of nitrogens with zero attached hydrogens (tertiary/aromatic N) is 2. The predicted molar refractivity (Wildman–Crippen MR) is 94.2 cm³/mol. The molecule has 1 saturated carbocycles. The fraction of sp³-hybridized carbons (Fsp3) is 0.684. The summed E-state index contributed by atoms with van der Waals surface area (Å²) in [6.07, 6.45) is 7.27. The SMILES string of the molecule is CCC[C@H]1CNCc2c1[nH]c(=O)c(C#N)c2N1CCC2(CC1)CC2. The van der Waals surface area contributed by atoms with Crippen molar-refractivity contribution >= 4 is 5.69 Å². The van der Waals surface area contributed by atoms with Crippen LogP contribution in [-0.2, 0) is 6.54 Å². The third-order valence-electron chi connectivity index (χ3n) is 6.27. The first-order valence-corrected chi connectivity index (χ1v) is 9.32. The van der Waals surface area contributed by atoms with Gasteiger partial charge in [0.05, 0.1) is 5.69 Å². The molecule has 2 aliphatic heterocycles. The largest absolute Gasteiger partial charge is 0.370 e. The maximum absolute atomic E-state index is 12.6. The fourth-order valence-electron chi connectivity index (χ4n) is 4.58. The van der Waals surface area contributed by atoms with Crippen LogP contribution in [0.4, 0.5) is 5.69 Å². The molecule has 1 aromatic rings. The quantitative estimate of drug-likeness (QED) is 0.895. The highest BCUT2D eigenvalue weighted by Gasteiger charge is 2.45. The molecule has 0 amide bonds. The molecule has 1 atom stereocenters. The van der Waals surface area contributed by atoms with Gasteiger partial charge in [0.25, 0.3) is 5.56 Å². The van der Waals surface area contributed by atoms with Gasteiger partial charge in [-0.15, -0.1) is 0 Å². The predicted octanol–water partition coefficient (Wildman–Crippen LogP) is 2.61. The molecular weight excluding hydrogens is 300 g/mol. The van der Waals surface area contributed by atoms with Crippen molar-refractivity contribution in [3.8, 4) is 6.07 Å². The van der Waals surface area contributed by atoms with Gasteiger partial charge in [-0.25, -0.2) is 0 Å². The molecule has 3 heterocycles. The Kier molecular flexibility index (Phi) is 3.88. The van der Waals surface area contributed by atoms with E-state index >= 15 is 0 Å². The minimum Gasteiger partial charge on any atom is -0.370 e. The number of hydrogen-bond donors (Lipinski definition) is 2. The smallest absolute Gasteiger partial charge is 0.268 e. The Bertz CT molecular complexity index is 731. The van der Waals surface area contributed by atoms with Gasteiger partial charge in [-0.1, -0.05) is 13.3 Å². The van der Waals surface area contributed by atoms with Crippen LogP contribution in [0.5, 0.6) is 0 Å². The number of aromatic amines is 1. The number of hydrogen-bond acceptors (Lipinski definition) is 4. The van der Waals surface area contributed by atoms with Gasteiger partial charge in [0.15, 0.2) is 0 Å². The molecule has 2 fully saturated rings. The van der Waals surface area contributed by atoms with Crippen LogP contribution in [-0.4, -0.2) is 24.6 Å². The van der Waals surface area contributed by atoms with Crippen LogP contribution in [0, 0.1) is 16.7 Å². The minimum absolute atomic E-state index is 0.207. The zero-order chi connectivity index (χ0) is 16.7. The second kappa shape index (κ2) is 5.93. The first-order chi connectivity index (χ1) is 11.7. The van der Waals surface area contributed by atoms with E-state index in [9.17, 15) is 10.1 Å². The molecule has 4 rings (SSSR count). The third-order valence-corrected chi connectivity index (χ3v) is 6.27. The lowest BCUT2D eigenvalue weighted by Gasteiger charge is -2.37. The molecule has 24 heavy (non-hydrogen) atoms. The van der Waals surface area contributed by atoms with Gasteiger partial charge in [0, 0.05) is 43.4 Å². The summed E-state index contributed by atoms with van der Waals surface area (Å²) in [7, 11) is 0. The molecular formula is C19H26N4O. The van der Waals surface area contributed by atoms with Crippen LogP contribution < -0.4 is 15.8 Å². The molecule has 5 heteroatoms. The van der Waals surface area contributed by atoms with E-state index in [1.807, 2.05) is 0 Å². The highest BCUT2D eigenvalue weighted by molar-refractivity contribution is 5.66. The van der Waals surface area contributed by atoms with Crippen LogP contribution >= 0.6 is 0 Å². The van der Waals surface area contributed by atoms with Gasteiger partial charge in [-0.2, -0.15) is 5.26 Å². The molecule has 0 bridgehead atoms. The lowest BCUT2D eigenvalue weighted by molar-refractivity contribution is 0.383. The fourth-order valence-corrected chi connectivity index (χ4v) is 4.58. The molecule has 0 aromatic carbocycles. The number of pyridine rings is 1. The molecule has 1 aliphatic carbocycles. The summed E-state index contributed by atoms with van der Waals surface area (Å²) in [4.78, 5) is 17.9. The second-order valence-corrected chi connectivity index (χ2v) is 7.79. The summed E-state index contributed by atoms with van der Waals surface area (Å²) < 4.78 is 0. The molecule has 5 nitrogen and oxygen atoms in total. The summed E-state index contributed by atoms with van der Waals surface area (Å²) in [5.74, 6) is 0.345. The average Bonchev–Trinajstić information content (AvgIpc) is 3.35. The van der Waals surface area contributed by atoms with Gasteiger partial charge in [-0.05, 0) is 37.5 Å². The van der Waals surface area contributed by atoms with E-state index in [1.165, 1.54) is 25.7 Å². The molecule has 0 unspecified atom stereocenters. The maximum atomic E-state index is 12.6. The van der Waals surface area contributed by atoms with Crippen molar-refractivity contribution in [3.05, 3.63) is 27.2 Å². The van der Waals surface area contributed by atoms with Crippen LogP contribution in [0.15, 0.2) is 4.79 Å². The highest BCUT2D eigenvalue weighted by Crippen LogP contribution is 2.54. The maximum Gasteiger partial charge on any atom is 0.268 e. The molecule has 2 N–H and O–H groups in total. The number of fused-ring (bicyclic) bond motifs is 1. The van der Waals surface area contributed by atoms with Gasteiger partial charge >= 0.3 is 0 Å². The average molecular weight is 326 g/mol. The second-order valence-electron chi connectivity index (χ2n) is 7.79. The molecule has 1 aromatic heterocycles. The Morgan fingerprint density at radius 1 is 1.29 bits per heavy atom. The normalized spacial score (nSPS) is 24.5. The van der Waals surface area contributed by atoms with E-state index < -0.39 is 0 Å². The molecule has 1 saturated heterocycles. The Labute approximate surface area is 143 Å². The molecule has 3 aliphatic rings. The summed E-state index contributed by atoms with van der Waals surface area (Å²) in [5.41, 5.74) is 3.83. The summed E-state index contributed by atoms with van der Waals surface area (Å²) >= 11 is 0. The molecule has 1 spiro atoms. The van der Waals surface area contributed by atoms with Gasteiger partial charge in [-0.3, -0.25) is 4.79 Å². The standard InChI is InChI=1S/C19H26N4O/c1-2-3-13-11-21-12-15-16(13)22-18(24)14(10-20)17(15)23-8-6-19(4-5-19)7-9-23/h13,21H,2-9,11-12H2,1H3,(H,22,24)/t13-/m0/s1.